The molecule has 0 aromatic heterocycles. The van der Waals surface area contributed by atoms with Crippen molar-refractivity contribution in [3.63, 3.8) is 0 Å². The van der Waals surface area contributed by atoms with Gasteiger partial charge in [-0.25, -0.2) is 4.39 Å². The molecule has 1 heterocycles. The van der Waals surface area contributed by atoms with Gasteiger partial charge < -0.3 is 5.32 Å². The van der Waals surface area contributed by atoms with Crippen LogP contribution in [0.4, 0.5) is 4.39 Å². The molecule has 26 heavy (non-hydrogen) atoms. The highest BCUT2D eigenvalue weighted by Gasteiger charge is 2.26. The average molecular weight is 373 g/mol. The van der Waals surface area contributed by atoms with Crippen molar-refractivity contribution in [2.75, 3.05) is 13.1 Å². The third kappa shape index (κ3) is 3.95. The number of rotatable bonds is 4. The Morgan fingerprint density at radius 2 is 1.85 bits per heavy atom. The Morgan fingerprint density at radius 3 is 2.65 bits per heavy atom. The van der Waals surface area contributed by atoms with Crippen LogP contribution in [0.25, 0.3) is 0 Å². The van der Waals surface area contributed by atoms with E-state index in [0.717, 1.165) is 25.9 Å². The Morgan fingerprint density at radius 1 is 1.04 bits per heavy atom. The number of nitrogens with one attached hydrogen (secondary N) is 1. The van der Waals surface area contributed by atoms with Gasteiger partial charge >= 0.3 is 0 Å². The quantitative estimate of drug-likeness (QED) is 0.802. The zero-order chi connectivity index (χ0) is 17.9. The number of fused-ring (bicyclic) bond motifs is 1. The maximum atomic E-state index is 14.0. The smallest absolute Gasteiger partial charge is 0.129 e. The third-order valence-corrected chi connectivity index (χ3v) is 6.19. The highest BCUT2D eigenvalue weighted by atomic mass is 35.5. The summed E-state index contributed by atoms with van der Waals surface area (Å²) in [5.74, 6) is -0.198. The van der Waals surface area contributed by atoms with Gasteiger partial charge in [0.1, 0.15) is 5.82 Å². The van der Waals surface area contributed by atoms with Gasteiger partial charge in [-0.05, 0) is 68.5 Å². The normalized spacial score (nSPS) is 21.5. The molecular weight excluding hydrogens is 347 g/mol. The van der Waals surface area contributed by atoms with E-state index >= 15 is 0 Å². The van der Waals surface area contributed by atoms with E-state index in [-0.39, 0.29) is 5.82 Å². The van der Waals surface area contributed by atoms with Gasteiger partial charge in [0.15, 0.2) is 0 Å². The molecule has 1 N–H and O–H groups in total. The molecule has 2 aromatic carbocycles. The van der Waals surface area contributed by atoms with Crippen LogP contribution in [0.1, 0.15) is 48.4 Å². The van der Waals surface area contributed by atoms with Crippen molar-refractivity contribution in [2.24, 2.45) is 0 Å². The first kappa shape index (κ1) is 18.0. The molecule has 4 rings (SSSR count). The van der Waals surface area contributed by atoms with Gasteiger partial charge in [-0.15, -0.1) is 0 Å². The minimum Gasteiger partial charge on any atom is -0.307 e. The Hall–Kier alpha value is -1.42. The van der Waals surface area contributed by atoms with Crippen molar-refractivity contribution in [1.82, 2.24) is 10.2 Å². The summed E-state index contributed by atoms with van der Waals surface area (Å²) in [6.45, 7) is 2.57. The molecule has 0 bridgehead atoms. The van der Waals surface area contributed by atoms with Crippen LogP contribution in [-0.4, -0.2) is 24.0 Å². The predicted molar refractivity (Wildman–Crippen MR) is 105 cm³/mol. The van der Waals surface area contributed by atoms with Crippen LogP contribution in [0.3, 0.4) is 0 Å². The molecule has 2 aromatic rings. The number of likely N-dealkylation sites (tertiary alicyclic amines) is 1. The van der Waals surface area contributed by atoms with Crippen LogP contribution in [0.5, 0.6) is 0 Å². The summed E-state index contributed by atoms with van der Waals surface area (Å²) in [5.41, 5.74) is 3.61. The number of nitrogens with zero attached hydrogens (tertiary/aromatic N) is 1. The molecule has 0 spiro atoms. The summed E-state index contributed by atoms with van der Waals surface area (Å²) < 4.78 is 14.0. The van der Waals surface area contributed by atoms with Gasteiger partial charge in [0.2, 0.25) is 0 Å². The van der Waals surface area contributed by atoms with Crippen molar-refractivity contribution in [1.29, 1.82) is 0 Å². The molecule has 0 radical (unpaired) electrons. The van der Waals surface area contributed by atoms with Gasteiger partial charge in [-0.2, -0.15) is 0 Å². The van der Waals surface area contributed by atoms with Crippen LogP contribution < -0.4 is 5.32 Å². The lowest BCUT2D eigenvalue weighted by Gasteiger charge is -2.36. The average Bonchev–Trinajstić information content (AvgIpc) is 2.66. The van der Waals surface area contributed by atoms with E-state index in [2.05, 4.69) is 34.5 Å². The van der Waals surface area contributed by atoms with Crippen molar-refractivity contribution in [3.05, 3.63) is 70.0 Å². The fourth-order valence-electron chi connectivity index (χ4n) is 4.38. The molecule has 1 aliphatic carbocycles. The minimum atomic E-state index is -0.198. The maximum absolute atomic E-state index is 14.0. The molecule has 1 unspecified atom stereocenters. The standard InChI is InChI=1S/C22H26ClFN2/c23-20-8-4-9-21(24)19(20)15-26-13-11-17(12-14-26)25-22-10-3-6-16-5-1-2-7-18(16)22/h1-2,4-5,7-9,17,22,25H,3,6,10-15H2. The largest absolute Gasteiger partial charge is 0.307 e. The Balaban J connectivity index is 1.33. The van der Waals surface area contributed by atoms with Crippen molar-refractivity contribution < 1.29 is 4.39 Å². The monoisotopic (exact) mass is 372 g/mol. The van der Waals surface area contributed by atoms with Crippen LogP contribution in [0.15, 0.2) is 42.5 Å². The van der Waals surface area contributed by atoms with Gasteiger partial charge in [0, 0.05) is 29.2 Å². The van der Waals surface area contributed by atoms with Gasteiger partial charge in [0.05, 0.1) is 0 Å². The topological polar surface area (TPSA) is 15.3 Å². The highest BCUT2D eigenvalue weighted by Crippen LogP contribution is 2.31. The van der Waals surface area contributed by atoms with Gasteiger partial charge in [-0.1, -0.05) is 41.9 Å². The number of halogens is 2. The Kier molecular flexibility index (Phi) is 5.58. The zero-order valence-electron chi connectivity index (χ0n) is 15.1. The lowest BCUT2D eigenvalue weighted by molar-refractivity contribution is 0.180. The number of aryl methyl sites for hydroxylation is 1. The van der Waals surface area contributed by atoms with Crippen molar-refractivity contribution in [3.8, 4) is 0 Å². The SMILES string of the molecule is Fc1cccc(Cl)c1CN1CCC(NC2CCCc3ccccc32)CC1. The summed E-state index contributed by atoms with van der Waals surface area (Å²) in [5, 5.41) is 4.43. The van der Waals surface area contributed by atoms with E-state index in [1.165, 1.54) is 36.5 Å². The fraction of sp³-hybridized carbons (Fsp3) is 0.455. The minimum absolute atomic E-state index is 0.198. The molecule has 4 heteroatoms. The molecule has 2 nitrogen and oxygen atoms in total. The number of piperidine rings is 1. The van der Waals surface area contributed by atoms with E-state index < -0.39 is 0 Å². The zero-order valence-corrected chi connectivity index (χ0v) is 15.8. The third-order valence-electron chi connectivity index (χ3n) is 5.84. The van der Waals surface area contributed by atoms with E-state index in [9.17, 15) is 4.39 Å². The second-order valence-electron chi connectivity index (χ2n) is 7.56. The van der Waals surface area contributed by atoms with Crippen LogP contribution in [0.2, 0.25) is 5.02 Å². The first-order valence-corrected chi connectivity index (χ1v) is 10.1. The first-order chi connectivity index (χ1) is 12.7. The summed E-state index contributed by atoms with van der Waals surface area (Å²) in [6.07, 6.45) is 5.90. The highest BCUT2D eigenvalue weighted by molar-refractivity contribution is 6.31. The van der Waals surface area contributed by atoms with E-state index in [4.69, 9.17) is 11.6 Å². The molecule has 1 aliphatic heterocycles. The van der Waals surface area contributed by atoms with Gasteiger partial charge in [0.25, 0.3) is 0 Å². The summed E-state index contributed by atoms with van der Waals surface area (Å²) in [6, 6.07) is 14.8. The molecule has 0 amide bonds. The maximum Gasteiger partial charge on any atom is 0.129 e. The summed E-state index contributed by atoms with van der Waals surface area (Å²) >= 11 is 6.18. The lowest BCUT2D eigenvalue weighted by atomic mass is 9.87. The Bertz CT molecular complexity index is 735. The lowest BCUT2D eigenvalue weighted by Crippen LogP contribution is -2.44. The molecule has 138 valence electrons. The van der Waals surface area contributed by atoms with E-state index in [1.807, 2.05) is 0 Å². The van der Waals surface area contributed by atoms with Crippen LogP contribution >= 0.6 is 11.6 Å². The molecular formula is C22H26ClFN2. The van der Waals surface area contributed by atoms with E-state index in [1.54, 1.807) is 12.1 Å². The molecule has 0 saturated carbocycles. The van der Waals surface area contributed by atoms with Crippen molar-refractivity contribution >= 4 is 11.6 Å². The second-order valence-corrected chi connectivity index (χ2v) is 7.97. The Labute approximate surface area is 160 Å². The summed E-state index contributed by atoms with van der Waals surface area (Å²) in [4.78, 5) is 2.32. The molecule has 1 atom stereocenters. The predicted octanol–water partition coefficient (Wildman–Crippen LogP) is 5.11. The first-order valence-electron chi connectivity index (χ1n) is 9.70. The van der Waals surface area contributed by atoms with E-state index in [0.29, 0.717) is 29.2 Å². The number of hydrogen-bond acceptors (Lipinski definition) is 2. The number of hydrogen-bond donors (Lipinski definition) is 1. The summed E-state index contributed by atoms with van der Waals surface area (Å²) in [7, 11) is 0. The molecule has 1 fully saturated rings. The van der Waals surface area contributed by atoms with Crippen LogP contribution in [0, 0.1) is 5.82 Å². The molecule has 1 saturated heterocycles. The molecule has 2 aliphatic rings. The fourth-order valence-corrected chi connectivity index (χ4v) is 4.60. The van der Waals surface area contributed by atoms with Crippen molar-refractivity contribution in [2.45, 2.75) is 50.7 Å². The number of benzene rings is 2. The van der Waals surface area contributed by atoms with Crippen LogP contribution in [-0.2, 0) is 13.0 Å². The second kappa shape index (κ2) is 8.08. The van der Waals surface area contributed by atoms with Gasteiger partial charge in [-0.3, -0.25) is 4.90 Å².